The maximum atomic E-state index is 9.08. The minimum Gasteiger partial charge on any atom is -0.458 e. The predicted octanol–water partition coefficient (Wildman–Crippen LogP) is 12.9. The number of fused-ring (bicyclic) bond motifs is 4. The molecule has 0 N–H and O–H groups in total. The van der Waals surface area contributed by atoms with E-state index >= 15 is 0 Å². The minimum atomic E-state index is -1.55. The molecule has 0 fully saturated rings. The molecule has 4 aromatic heterocycles. The molecule has 0 aliphatic rings. The molecular formula is C52H57N5O. The highest BCUT2D eigenvalue weighted by Crippen LogP contribution is 2.38. The third kappa shape index (κ3) is 7.65. The van der Waals surface area contributed by atoms with Crippen LogP contribution < -0.4 is 9.30 Å². The summed E-state index contributed by atoms with van der Waals surface area (Å²) in [4.78, 5) is 9.70. The molecule has 8 rings (SSSR count). The van der Waals surface area contributed by atoms with Gasteiger partial charge in [-0.05, 0) is 105 Å². The van der Waals surface area contributed by atoms with Crippen molar-refractivity contribution in [2.24, 2.45) is 5.41 Å². The van der Waals surface area contributed by atoms with Crippen LogP contribution in [0.1, 0.15) is 108 Å². The van der Waals surface area contributed by atoms with Crippen LogP contribution in [0, 0.1) is 11.7 Å². The van der Waals surface area contributed by atoms with Gasteiger partial charge in [-0.2, -0.15) is 0 Å². The Hall–Kier alpha value is -5.75. The predicted molar refractivity (Wildman–Crippen MR) is 239 cm³/mol. The average molecular weight is 770 g/mol. The van der Waals surface area contributed by atoms with Gasteiger partial charge in [-0.1, -0.05) is 119 Å². The van der Waals surface area contributed by atoms with E-state index in [-0.39, 0.29) is 16.2 Å². The second-order valence-electron chi connectivity index (χ2n) is 19.8. The van der Waals surface area contributed by atoms with Crippen LogP contribution in [0.15, 0.2) is 116 Å². The van der Waals surface area contributed by atoms with Gasteiger partial charge in [-0.3, -0.25) is 18.7 Å². The van der Waals surface area contributed by atoms with Crippen molar-refractivity contribution in [3.05, 3.63) is 144 Å². The van der Waals surface area contributed by atoms with E-state index in [9.17, 15) is 0 Å². The maximum absolute atomic E-state index is 9.08. The Bertz CT molecular complexity index is 2890. The second kappa shape index (κ2) is 14.0. The summed E-state index contributed by atoms with van der Waals surface area (Å²) in [6.07, 6.45) is 5.75. The van der Waals surface area contributed by atoms with E-state index in [1.165, 1.54) is 16.7 Å². The molecular weight excluding hydrogens is 711 g/mol. The molecule has 0 saturated heterocycles. The standard InChI is InChI=1S/C52H57N5O/c1-49(2,3)32-34-17-20-43-42(25-34)41-19-18-39(30-46(41)57(43)48-29-35(21-23-54-48)50(4,5)6)58-40-22-24-53-47(31-40)56-33-55(44-15-13-14-16-45(44)56)38-27-36(51(7,8)9)26-37(28-38)52(10,11)12/h13-31H,32H2,1-12H3/i32D2. The summed E-state index contributed by atoms with van der Waals surface area (Å²) in [5.41, 5.74) is 8.57. The van der Waals surface area contributed by atoms with E-state index in [1.54, 1.807) is 6.20 Å². The van der Waals surface area contributed by atoms with Gasteiger partial charge in [0.1, 0.15) is 17.3 Å². The first-order valence-electron chi connectivity index (χ1n) is 21.3. The van der Waals surface area contributed by atoms with Crippen molar-refractivity contribution in [2.45, 2.75) is 106 Å². The number of rotatable bonds is 6. The highest BCUT2D eigenvalue weighted by Gasteiger charge is 2.24. The first-order valence-corrected chi connectivity index (χ1v) is 20.3. The van der Waals surface area contributed by atoms with Crippen molar-refractivity contribution in [3.8, 4) is 28.8 Å². The molecule has 0 bridgehead atoms. The number of hydrogen-bond donors (Lipinski definition) is 0. The van der Waals surface area contributed by atoms with Crippen LogP contribution in [-0.2, 0) is 22.6 Å². The molecule has 0 atom stereocenters. The van der Waals surface area contributed by atoms with Crippen LogP contribution in [0.25, 0.3) is 50.2 Å². The van der Waals surface area contributed by atoms with E-state index in [2.05, 4.69) is 138 Å². The zero-order chi connectivity index (χ0) is 43.2. The van der Waals surface area contributed by atoms with Gasteiger partial charge in [0.25, 0.3) is 6.33 Å². The number of imidazole rings is 1. The van der Waals surface area contributed by atoms with Crippen LogP contribution in [0.4, 0.5) is 0 Å². The monoisotopic (exact) mass is 769 g/mol. The first kappa shape index (κ1) is 36.6. The van der Waals surface area contributed by atoms with Crippen LogP contribution in [0.2, 0.25) is 0 Å². The van der Waals surface area contributed by atoms with Gasteiger partial charge in [0, 0.05) is 38.0 Å². The lowest BCUT2D eigenvalue weighted by Gasteiger charge is -2.26. The van der Waals surface area contributed by atoms with E-state index in [4.69, 9.17) is 17.4 Å². The fraction of sp³-hybridized carbons (Fsp3) is 0.327. The van der Waals surface area contributed by atoms with Gasteiger partial charge in [0.05, 0.1) is 27.8 Å². The Morgan fingerprint density at radius 2 is 1.24 bits per heavy atom. The molecule has 0 amide bonds. The quantitative estimate of drug-likeness (QED) is 0.125. The van der Waals surface area contributed by atoms with E-state index < -0.39 is 11.8 Å². The SMILES string of the molecule is [2H]C([2H])(c1ccc2c(c1)c1ccc(Oc3ccnc(-n4[c-][n+](-c5cc(C(C)(C)C)cc(C(C)(C)C)c5)c5ccccc54)c3)cc1n2-c1cc(C(C)(C)C)ccn1)C(C)(C)C. The smallest absolute Gasteiger partial charge is 0.271 e. The van der Waals surface area contributed by atoms with Gasteiger partial charge >= 0.3 is 0 Å². The van der Waals surface area contributed by atoms with Crippen LogP contribution in [0.5, 0.6) is 11.5 Å². The second-order valence-corrected chi connectivity index (χ2v) is 19.8. The van der Waals surface area contributed by atoms with Crippen molar-refractivity contribution >= 4 is 32.8 Å². The Morgan fingerprint density at radius 1 is 0.586 bits per heavy atom. The van der Waals surface area contributed by atoms with E-state index in [0.29, 0.717) is 22.9 Å². The molecule has 4 aromatic carbocycles. The summed E-state index contributed by atoms with van der Waals surface area (Å²) >= 11 is 0. The van der Waals surface area contributed by atoms with E-state index in [1.807, 2.05) is 74.0 Å². The average Bonchev–Trinajstić information content (AvgIpc) is 3.72. The third-order valence-electron chi connectivity index (χ3n) is 10.8. The third-order valence-corrected chi connectivity index (χ3v) is 10.8. The number of pyridine rings is 2. The van der Waals surface area contributed by atoms with Crippen molar-refractivity contribution in [3.63, 3.8) is 0 Å². The molecule has 8 aromatic rings. The number of aromatic nitrogens is 5. The molecule has 0 aliphatic heterocycles. The van der Waals surface area contributed by atoms with Crippen molar-refractivity contribution in [2.75, 3.05) is 0 Å². The van der Waals surface area contributed by atoms with Crippen molar-refractivity contribution in [1.82, 2.24) is 19.1 Å². The molecule has 58 heavy (non-hydrogen) atoms. The molecule has 0 radical (unpaired) electrons. The Balaban J connectivity index is 1.24. The van der Waals surface area contributed by atoms with Crippen molar-refractivity contribution in [1.29, 1.82) is 0 Å². The number of benzene rings is 4. The summed E-state index contributed by atoms with van der Waals surface area (Å²) < 4.78 is 31.1. The number of para-hydroxylation sites is 2. The molecule has 4 heterocycles. The van der Waals surface area contributed by atoms with Gasteiger partial charge in [-0.25, -0.2) is 4.98 Å². The zero-order valence-corrected chi connectivity index (χ0v) is 36.1. The fourth-order valence-corrected chi connectivity index (χ4v) is 7.58. The largest absolute Gasteiger partial charge is 0.458 e. The lowest BCUT2D eigenvalue weighted by atomic mass is 9.80. The normalized spacial score (nSPS) is 13.7. The van der Waals surface area contributed by atoms with Gasteiger partial charge in [-0.15, -0.1) is 0 Å². The van der Waals surface area contributed by atoms with E-state index in [0.717, 1.165) is 44.3 Å². The maximum Gasteiger partial charge on any atom is 0.271 e. The lowest BCUT2D eigenvalue weighted by molar-refractivity contribution is -0.572. The fourth-order valence-electron chi connectivity index (χ4n) is 7.58. The summed E-state index contributed by atoms with van der Waals surface area (Å²) in [5, 5.41) is 1.95. The Labute approximate surface area is 347 Å². The first-order chi connectivity index (χ1) is 28.0. The molecule has 6 heteroatoms. The Morgan fingerprint density at radius 3 is 1.93 bits per heavy atom. The van der Waals surface area contributed by atoms with Crippen LogP contribution in [-0.4, -0.2) is 19.1 Å². The topological polar surface area (TPSA) is 48.8 Å². The van der Waals surface area contributed by atoms with Gasteiger partial charge < -0.3 is 4.74 Å². The molecule has 0 aliphatic carbocycles. The lowest BCUT2D eigenvalue weighted by Crippen LogP contribution is -2.31. The highest BCUT2D eigenvalue weighted by atomic mass is 16.5. The molecule has 0 unspecified atom stereocenters. The summed E-state index contributed by atoms with van der Waals surface area (Å²) in [6, 6.07) is 35.4. The van der Waals surface area contributed by atoms with Gasteiger partial charge in [0.2, 0.25) is 0 Å². The number of nitrogens with zero attached hydrogens (tertiary/aromatic N) is 5. The minimum absolute atomic E-state index is 0.0302. The molecule has 0 spiro atoms. The Kier molecular flexibility index (Phi) is 8.81. The molecule has 6 nitrogen and oxygen atoms in total. The summed E-state index contributed by atoms with van der Waals surface area (Å²) in [7, 11) is 0. The molecule has 0 saturated carbocycles. The number of hydrogen-bond acceptors (Lipinski definition) is 3. The van der Waals surface area contributed by atoms with Gasteiger partial charge in [0.15, 0.2) is 5.82 Å². The zero-order valence-electron chi connectivity index (χ0n) is 38.1. The van der Waals surface area contributed by atoms with Crippen LogP contribution in [0.3, 0.4) is 0 Å². The highest BCUT2D eigenvalue weighted by molar-refractivity contribution is 6.09. The molecule has 296 valence electrons. The van der Waals surface area contributed by atoms with Crippen molar-refractivity contribution < 1.29 is 12.0 Å². The summed E-state index contributed by atoms with van der Waals surface area (Å²) in [6.45, 7) is 26.0. The summed E-state index contributed by atoms with van der Waals surface area (Å²) in [5.74, 6) is 2.77. The number of ether oxygens (including phenoxy) is 1. The van der Waals surface area contributed by atoms with Crippen LogP contribution >= 0.6 is 0 Å².